The van der Waals surface area contributed by atoms with Gasteiger partial charge in [-0.25, -0.2) is 0 Å². The van der Waals surface area contributed by atoms with Gasteiger partial charge in [0.15, 0.2) is 0 Å². The predicted octanol–water partition coefficient (Wildman–Crippen LogP) is 5.89. The third-order valence-corrected chi connectivity index (χ3v) is 7.98. The van der Waals surface area contributed by atoms with E-state index < -0.39 is 12.0 Å². The maximum Gasteiger partial charge on any atom is 0.245 e. The summed E-state index contributed by atoms with van der Waals surface area (Å²) < 4.78 is 0. The van der Waals surface area contributed by atoms with Gasteiger partial charge in [-0.1, -0.05) is 135 Å². The summed E-state index contributed by atoms with van der Waals surface area (Å²) in [6.45, 7) is 6.76. The summed E-state index contributed by atoms with van der Waals surface area (Å²) >= 11 is 0. The quantitative estimate of drug-likeness (QED) is 0.285. The fourth-order valence-corrected chi connectivity index (χ4v) is 5.82. The molecule has 0 spiro atoms. The van der Waals surface area contributed by atoms with E-state index in [1.807, 2.05) is 91.5 Å². The number of nitrogens with one attached hydrogen (secondary N) is 1. The smallest absolute Gasteiger partial charge is 0.245 e. The topological polar surface area (TPSA) is 52.7 Å². The highest BCUT2D eigenvalue weighted by atomic mass is 16.2. The van der Waals surface area contributed by atoms with Gasteiger partial charge in [0.05, 0.1) is 12.0 Å². The maximum absolute atomic E-state index is 13.9. The number of piperazine rings is 1. The van der Waals surface area contributed by atoms with Crippen LogP contribution >= 0.6 is 0 Å². The zero-order valence-corrected chi connectivity index (χ0v) is 23.9. The Labute approximate surface area is 243 Å². The van der Waals surface area contributed by atoms with Crippen molar-refractivity contribution in [3.05, 3.63) is 144 Å². The number of hydrogen-bond donors (Lipinski definition) is 1. The van der Waals surface area contributed by atoms with E-state index in [2.05, 4.69) is 58.7 Å². The second-order valence-corrected chi connectivity index (χ2v) is 11.1. The summed E-state index contributed by atoms with van der Waals surface area (Å²) in [6.07, 6.45) is 0. The zero-order chi connectivity index (χ0) is 28.6. The molecule has 5 nitrogen and oxygen atoms in total. The Morgan fingerprint density at radius 2 is 0.976 bits per heavy atom. The Bertz CT molecular complexity index is 1310. The highest BCUT2D eigenvalue weighted by molar-refractivity contribution is 5.92. The molecule has 1 unspecified atom stereocenters. The molecule has 0 radical (unpaired) electrons. The van der Waals surface area contributed by atoms with E-state index >= 15 is 0 Å². The van der Waals surface area contributed by atoms with Gasteiger partial charge in [0.1, 0.15) is 6.04 Å². The van der Waals surface area contributed by atoms with Gasteiger partial charge in [0.25, 0.3) is 0 Å². The molecule has 2 amide bonds. The first kappa shape index (κ1) is 28.3. The molecule has 41 heavy (non-hydrogen) atoms. The summed E-state index contributed by atoms with van der Waals surface area (Å²) in [5.74, 6) is -0.691. The first-order chi connectivity index (χ1) is 20.0. The second kappa shape index (κ2) is 13.4. The SMILES string of the molecule is CC(C)C(NC(=O)C(c1ccccc1)c1ccccc1)C(=O)N1CCN(C(c2ccccc2)c2ccccc2)CC1. The summed E-state index contributed by atoms with van der Waals surface area (Å²) in [5.41, 5.74) is 4.32. The van der Waals surface area contributed by atoms with Gasteiger partial charge in [-0.3, -0.25) is 14.5 Å². The van der Waals surface area contributed by atoms with E-state index in [1.54, 1.807) is 0 Å². The van der Waals surface area contributed by atoms with Gasteiger partial charge in [0.2, 0.25) is 11.8 Å². The van der Waals surface area contributed by atoms with Crippen LogP contribution in [-0.4, -0.2) is 53.8 Å². The maximum atomic E-state index is 13.9. The number of rotatable bonds is 9. The highest BCUT2D eigenvalue weighted by Crippen LogP contribution is 2.30. The van der Waals surface area contributed by atoms with Crippen LogP contribution in [0.2, 0.25) is 0 Å². The second-order valence-electron chi connectivity index (χ2n) is 11.1. The van der Waals surface area contributed by atoms with Crippen LogP contribution in [0.15, 0.2) is 121 Å². The van der Waals surface area contributed by atoms with Crippen molar-refractivity contribution in [1.29, 1.82) is 0 Å². The van der Waals surface area contributed by atoms with Gasteiger partial charge in [-0.2, -0.15) is 0 Å². The molecule has 1 fully saturated rings. The molecule has 0 saturated carbocycles. The molecule has 1 heterocycles. The molecular formula is C36H39N3O2. The molecule has 1 atom stereocenters. The third kappa shape index (κ3) is 6.75. The van der Waals surface area contributed by atoms with Crippen LogP contribution in [0.3, 0.4) is 0 Å². The Hall–Kier alpha value is -4.22. The van der Waals surface area contributed by atoms with Crippen molar-refractivity contribution in [2.75, 3.05) is 26.2 Å². The van der Waals surface area contributed by atoms with Crippen LogP contribution in [0.25, 0.3) is 0 Å². The number of carbonyl (C=O) groups excluding carboxylic acids is 2. The van der Waals surface area contributed by atoms with Crippen molar-refractivity contribution in [1.82, 2.24) is 15.1 Å². The lowest BCUT2D eigenvalue weighted by Gasteiger charge is -2.41. The molecule has 1 aliphatic heterocycles. The van der Waals surface area contributed by atoms with Crippen LogP contribution in [0, 0.1) is 5.92 Å². The molecule has 1 saturated heterocycles. The number of benzene rings is 4. The molecule has 0 bridgehead atoms. The van der Waals surface area contributed by atoms with Crippen LogP contribution in [0.5, 0.6) is 0 Å². The molecule has 5 heteroatoms. The lowest BCUT2D eigenvalue weighted by Crippen LogP contribution is -2.57. The van der Waals surface area contributed by atoms with E-state index in [-0.39, 0.29) is 23.8 Å². The zero-order valence-electron chi connectivity index (χ0n) is 23.9. The monoisotopic (exact) mass is 545 g/mol. The van der Waals surface area contributed by atoms with Crippen LogP contribution in [0.1, 0.15) is 48.1 Å². The molecule has 4 aromatic carbocycles. The fourth-order valence-electron chi connectivity index (χ4n) is 5.82. The minimum Gasteiger partial charge on any atom is -0.343 e. The predicted molar refractivity (Wildman–Crippen MR) is 164 cm³/mol. The molecule has 0 aliphatic carbocycles. The lowest BCUT2D eigenvalue weighted by molar-refractivity contribution is -0.139. The van der Waals surface area contributed by atoms with E-state index in [9.17, 15) is 9.59 Å². The van der Waals surface area contributed by atoms with Crippen molar-refractivity contribution < 1.29 is 9.59 Å². The van der Waals surface area contributed by atoms with Gasteiger partial charge in [-0.15, -0.1) is 0 Å². The number of nitrogens with zero attached hydrogens (tertiary/aromatic N) is 2. The highest BCUT2D eigenvalue weighted by Gasteiger charge is 2.34. The van der Waals surface area contributed by atoms with Gasteiger partial charge in [-0.05, 0) is 28.2 Å². The standard InChI is InChI=1S/C36H39N3O2/c1-27(2)33(37-35(40)32(28-15-7-3-8-16-28)29-17-9-4-10-18-29)36(41)39-25-23-38(24-26-39)34(30-19-11-5-12-20-30)31-21-13-6-14-22-31/h3-22,27,32-34H,23-26H2,1-2H3,(H,37,40). The van der Waals surface area contributed by atoms with Crippen LogP contribution < -0.4 is 5.32 Å². The van der Waals surface area contributed by atoms with Crippen molar-refractivity contribution in [3.8, 4) is 0 Å². The van der Waals surface area contributed by atoms with E-state index in [0.717, 1.165) is 24.2 Å². The Morgan fingerprint density at radius 1 is 0.585 bits per heavy atom. The third-order valence-electron chi connectivity index (χ3n) is 7.98. The summed E-state index contributed by atoms with van der Waals surface area (Å²) in [7, 11) is 0. The molecular weight excluding hydrogens is 506 g/mol. The van der Waals surface area contributed by atoms with E-state index in [4.69, 9.17) is 0 Å². The Balaban J connectivity index is 1.30. The lowest BCUT2D eigenvalue weighted by atomic mass is 9.89. The van der Waals surface area contributed by atoms with Crippen molar-refractivity contribution in [2.45, 2.75) is 31.8 Å². The first-order valence-electron chi connectivity index (χ1n) is 14.6. The minimum absolute atomic E-state index is 0.0103. The van der Waals surface area contributed by atoms with Crippen molar-refractivity contribution >= 4 is 11.8 Å². The molecule has 210 valence electrons. The summed E-state index contributed by atoms with van der Waals surface area (Å²) in [4.78, 5) is 32.1. The van der Waals surface area contributed by atoms with Crippen LogP contribution in [0.4, 0.5) is 0 Å². The van der Waals surface area contributed by atoms with Gasteiger partial charge in [0, 0.05) is 26.2 Å². The van der Waals surface area contributed by atoms with Crippen molar-refractivity contribution in [3.63, 3.8) is 0 Å². The first-order valence-corrected chi connectivity index (χ1v) is 14.6. The largest absolute Gasteiger partial charge is 0.343 e. The minimum atomic E-state index is -0.594. The molecule has 5 rings (SSSR count). The Morgan fingerprint density at radius 3 is 1.37 bits per heavy atom. The average molecular weight is 546 g/mol. The summed E-state index contributed by atoms with van der Waals surface area (Å²) in [6, 6.07) is 40.2. The summed E-state index contributed by atoms with van der Waals surface area (Å²) in [5, 5.41) is 3.15. The fraction of sp³-hybridized carbons (Fsp3) is 0.278. The average Bonchev–Trinajstić information content (AvgIpc) is 3.02. The number of amides is 2. The van der Waals surface area contributed by atoms with Crippen molar-refractivity contribution in [2.24, 2.45) is 5.92 Å². The van der Waals surface area contributed by atoms with E-state index in [1.165, 1.54) is 11.1 Å². The van der Waals surface area contributed by atoms with Crippen LogP contribution in [-0.2, 0) is 9.59 Å². The number of hydrogen-bond acceptors (Lipinski definition) is 3. The molecule has 1 N–H and O–H groups in total. The molecule has 0 aromatic heterocycles. The molecule has 1 aliphatic rings. The normalized spacial score (nSPS) is 14.8. The Kier molecular flexibility index (Phi) is 9.27. The van der Waals surface area contributed by atoms with Gasteiger partial charge >= 0.3 is 0 Å². The van der Waals surface area contributed by atoms with E-state index in [0.29, 0.717) is 13.1 Å². The number of carbonyl (C=O) groups is 2. The molecule has 4 aromatic rings. The van der Waals surface area contributed by atoms with Gasteiger partial charge < -0.3 is 10.2 Å².